The number of hydrogen-bond donors (Lipinski definition) is 3. The lowest BCUT2D eigenvalue weighted by Crippen LogP contribution is -2.30. The molecule has 4 rings (SSSR count). The van der Waals surface area contributed by atoms with Gasteiger partial charge in [0.2, 0.25) is 5.91 Å². The Morgan fingerprint density at radius 3 is 2.53 bits per heavy atom. The Bertz CT molecular complexity index is 1380. The number of anilines is 2. The maximum atomic E-state index is 13.1. The normalized spacial score (nSPS) is 11.1. The van der Waals surface area contributed by atoms with Gasteiger partial charge in [0.05, 0.1) is 11.4 Å². The molecule has 3 N–H and O–H groups in total. The van der Waals surface area contributed by atoms with E-state index in [2.05, 4.69) is 20.9 Å². The molecule has 0 aliphatic rings. The number of nitrogens with zero attached hydrogens (tertiary/aromatic N) is 1. The van der Waals surface area contributed by atoms with E-state index in [-0.39, 0.29) is 23.3 Å². The molecule has 0 aliphatic heterocycles. The SMILES string of the molecule is Cc1csc(NC(=O)CSc2cccc(NC(=O)/C(=C/c3cccs3)NC(=O)c3ccccc3)c2)n1. The molecule has 7 nitrogen and oxygen atoms in total. The number of aromatic nitrogens is 1. The Balaban J connectivity index is 1.41. The van der Waals surface area contributed by atoms with Gasteiger partial charge >= 0.3 is 0 Å². The summed E-state index contributed by atoms with van der Waals surface area (Å²) >= 11 is 4.19. The van der Waals surface area contributed by atoms with Crippen molar-refractivity contribution in [2.75, 3.05) is 16.4 Å². The summed E-state index contributed by atoms with van der Waals surface area (Å²) in [6.45, 7) is 1.87. The second kappa shape index (κ2) is 12.3. The van der Waals surface area contributed by atoms with Crippen molar-refractivity contribution < 1.29 is 14.4 Å². The van der Waals surface area contributed by atoms with Gasteiger partial charge in [-0.25, -0.2) is 4.98 Å². The minimum Gasteiger partial charge on any atom is -0.321 e. The Hall–Kier alpha value is -3.73. The largest absolute Gasteiger partial charge is 0.321 e. The third-order valence-corrected chi connectivity index (χ3v) is 7.37. The van der Waals surface area contributed by atoms with Crippen LogP contribution >= 0.6 is 34.4 Å². The van der Waals surface area contributed by atoms with Crippen molar-refractivity contribution in [2.24, 2.45) is 0 Å². The molecule has 4 aromatic rings. The summed E-state index contributed by atoms with van der Waals surface area (Å²) in [6.07, 6.45) is 1.64. The van der Waals surface area contributed by atoms with E-state index in [0.717, 1.165) is 15.5 Å². The lowest BCUT2D eigenvalue weighted by molar-refractivity contribution is -0.114. The van der Waals surface area contributed by atoms with Crippen LogP contribution in [0.1, 0.15) is 20.9 Å². The molecule has 0 fully saturated rings. The number of hydrogen-bond acceptors (Lipinski definition) is 7. The predicted molar refractivity (Wildman–Crippen MR) is 147 cm³/mol. The number of carbonyl (C=O) groups is 3. The number of amides is 3. The number of aryl methyl sites for hydroxylation is 1. The van der Waals surface area contributed by atoms with Gasteiger partial charge in [0.1, 0.15) is 5.70 Å². The second-order valence-corrected chi connectivity index (χ2v) is 10.4. The molecule has 0 bridgehead atoms. The molecule has 0 atom stereocenters. The minimum atomic E-state index is -0.452. The summed E-state index contributed by atoms with van der Waals surface area (Å²) in [6, 6.07) is 19.6. The van der Waals surface area contributed by atoms with Crippen LogP contribution in [0.2, 0.25) is 0 Å². The van der Waals surface area contributed by atoms with Crippen LogP contribution in [0.25, 0.3) is 6.08 Å². The maximum Gasteiger partial charge on any atom is 0.272 e. The highest BCUT2D eigenvalue weighted by Crippen LogP contribution is 2.23. The van der Waals surface area contributed by atoms with Gasteiger partial charge in [-0.2, -0.15) is 0 Å². The lowest BCUT2D eigenvalue weighted by atomic mass is 10.2. The first kappa shape index (κ1) is 25.4. The first-order valence-corrected chi connectivity index (χ1v) is 13.6. The number of carbonyl (C=O) groups excluding carboxylic acids is 3. The molecule has 10 heteroatoms. The van der Waals surface area contributed by atoms with Gasteiger partial charge in [0.25, 0.3) is 11.8 Å². The molecule has 2 aromatic heterocycles. The number of rotatable bonds is 9. The van der Waals surface area contributed by atoms with Gasteiger partial charge in [-0.05, 0) is 54.8 Å². The van der Waals surface area contributed by atoms with Gasteiger partial charge in [-0.1, -0.05) is 30.3 Å². The van der Waals surface area contributed by atoms with Crippen molar-refractivity contribution in [1.82, 2.24) is 10.3 Å². The summed E-state index contributed by atoms with van der Waals surface area (Å²) in [5.41, 5.74) is 1.99. The zero-order valence-corrected chi connectivity index (χ0v) is 21.6. The Morgan fingerprint density at radius 1 is 0.972 bits per heavy atom. The third-order valence-electron chi connectivity index (χ3n) is 4.69. The number of benzene rings is 2. The molecule has 0 saturated carbocycles. The van der Waals surface area contributed by atoms with Crippen molar-refractivity contribution in [3.63, 3.8) is 0 Å². The van der Waals surface area contributed by atoms with E-state index in [0.29, 0.717) is 16.4 Å². The number of thiazole rings is 1. The highest BCUT2D eigenvalue weighted by molar-refractivity contribution is 8.00. The topological polar surface area (TPSA) is 100 Å². The monoisotopic (exact) mass is 534 g/mol. The lowest BCUT2D eigenvalue weighted by Gasteiger charge is -2.12. The van der Waals surface area contributed by atoms with E-state index in [1.807, 2.05) is 41.9 Å². The fraction of sp³-hybridized carbons (Fsp3) is 0.0769. The van der Waals surface area contributed by atoms with E-state index in [1.54, 1.807) is 48.5 Å². The maximum absolute atomic E-state index is 13.1. The molecule has 0 spiro atoms. The predicted octanol–water partition coefficient (Wildman–Crippen LogP) is 5.65. The van der Waals surface area contributed by atoms with Crippen molar-refractivity contribution in [2.45, 2.75) is 11.8 Å². The fourth-order valence-electron chi connectivity index (χ4n) is 3.04. The van der Waals surface area contributed by atoms with Crippen molar-refractivity contribution in [3.05, 3.63) is 99.3 Å². The van der Waals surface area contributed by atoms with Crippen LogP contribution in [0.15, 0.2) is 88.1 Å². The first-order chi connectivity index (χ1) is 17.5. The molecule has 0 saturated heterocycles. The Labute approximate surface area is 220 Å². The van der Waals surface area contributed by atoms with Crippen molar-refractivity contribution in [3.8, 4) is 0 Å². The molecule has 0 unspecified atom stereocenters. The van der Waals surface area contributed by atoms with E-state index in [4.69, 9.17) is 0 Å². The number of nitrogens with one attached hydrogen (secondary N) is 3. The number of thioether (sulfide) groups is 1. The summed E-state index contributed by atoms with van der Waals surface area (Å²) in [4.78, 5) is 43.9. The second-order valence-electron chi connectivity index (χ2n) is 7.51. The van der Waals surface area contributed by atoms with Gasteiger partial charge in [-0.3, -0.25) is 14.4 Å². The Kier molecular flexibility index (Phi) is 8.66. The summed E-state index contributed by atoms with van der Waals surface area (Å²) in [7, 11) is 0. The molecular formula is C26H22N4O3S3. The van der Waals surface area contributed by atoms with Gasteiger partial charge in [0.15, 0.2) is 5.13 Å². The molecule has 2 aromatic carbocycles. The average molecular weight is 535 g/mol. The molecule has 0 aliphatic carbocycles. The van der Waals surface area contributed by atoms with Crippen LogP contribution in [0.4, 0.5) is 10.8 Å². The Morgan fingerprint density at radius 2 is 1.81 bits per heavy atom. The van der Waals surface area contributed by atoms with Gasteiger partial charge < -0.3 is 16.0 Å². The minimum absolute atomic E-state index is 0.127. The average Bonchev–Trinajstić information content (AvgIpc) is 3.54. The van der Waals surface area contributed by atoms with E-state index < -0.39 is 5.91 Å². The summed E-state index contributed by atoms with van der Waals surface area (Å²) in [5.74, 6) is -0.785. The van der Waals surface area contributed by atoms with Gasteiger partial charge in [0, 0.05) is 26.4 Å². The van der Waals surface area contributed by atoms with E-state index >= 15 is 0 Å². The van der Waals surface area contributed by atoms with Crippen molar-refractivity contribution >= 4 is 69.1 Å². The van der Waals surface area contributed by atoms with Crippen molar-refractivity contribution in [1.29, 1.82) is 0 Å². The zero-order valence-electron chi connectivity index (χ0n) is 19.2. The first-order valence-electron chi connectivity index (χ1n) is 10.8. The smallest absolute Gasteiger partial charge is 0.272 e. The molecule has 36 heavy (non-hydrogen) atoms. The standard InChI is InChI=1S/C26H22N4O3S3/c1-17-15-36-26(27-17)30-23(31)16-35-20-10-5-9-19(13-20)28-25(33)22(14-21-11-6-12-34-21)29-24(32)18-7-3-2-4-8-18/h2-15H,16H2,1H3,(H,28,33)(H,29,32)(H,27,30,31)/b22-14-. The molecule has 2 heterocycles. The van der Waals surface area contributed by atoms with Crippen LogP contribution in [0.5, 0.6) is 0 Å². The highest BCUT2D eigenvalue weighted by Gasteiger charge is 2.16. The molecule has 3 amide bonds. The molecule has 0 radical (unpaired) electrons. The van der Waals surface area contributed by atoms with Gasteiger partial charge in [-0.15, -0.1) is 34.4 Å². The quantitative estimate of drug-likeness (QED) is 0.190. The van der Waals surface area contributed by atoms with E-state index in [9.17, 15) is 14.4 Å². The van der Waals surface area contributed by atoms with Crippen LogP contribution in [0.3, 0.4) is 0 Å². The van der Waals surface area contributed by atoms with Crippen LogP contribution in [-0.2, 0) is 9.59 Å². The molecular weight excluding hydrogens is 513 g/mol. The number of thiophene rings is 1. The fourth-order valence-corrected chi connectivity index (χ4v) is 5.15. The zero-order chi connectivity index (χ0) is 25.3. The molecule has 182 valence electrons. The van der Waals surface area contributed by atoms with E-state index in [1.165, 1.54) is 34.4 Å². The summed E-state index contributed by atoms with van der Waals surface area (Å²) < 4.78 is 0. The van der Waals surface area contributed by atoms with Crippen LogP contribution in [-0.4, -0.2) is 28.5 Å². The van der Waals surface area contributed by atoms with Crippen LogP contribution in [0, 0.1) is 6.92 Å². The highest BCUT2D eigenvalue weighted by atomic mass is 32.2. The summed E-state index contributed by atoms with van der Waals surface area (Å²) in [5, 5.41) is 12.7. The third kappa shape index (κ3) is 7.38. The van der Waals surface area contributed by atoms with Crippen LogP contribution < -0.4 is 16.0 Å².